The third kappa shape index (κ3) is 3.23. The standard InChI is InChI=1S/C10H8F4O2/c1-2-9(15)7-5-6(3-4-8(7)11)16-10(12,13)14/h2-5,9,15H,1H2. The van der Waals surface area contributed by atoms with Crippen molar-refractivity contribution in [2.45, 2.75) is 12.5 Å². The molecular weight excluding hydrogens is 228 g/mol. The first-order chi connectivity index (χ1) is 7.33. The van der Waals surface area contributed by atoms with Crippen LogP contribution in [0.3, 0.4) is 0 Å². The Bertz CT molecular complexity index is 387. The van der Waals surface area contributed by atoms with E-state index in [0.29, 0.717) is 0 Å². The topological polar surface area (TPSA) is 29.5 Å². The van der Waals surface area contributed by atoms with E-state index in [1.807, 2.05) is 0 Å². The molecule has 1 atom stereocenters. The lowest BCUT2D eigenvalue weighted by Crippen LogP contribution is -2.17. The molecule has 1 unspecified atom stereocenters. The average Bonchev–Trinajstić information content (AvgIpc) is 2.18. The molecule has 0 bridgehead atoms. The highest BCUT2D eigenvalue weighted by molar-refractivity contribution is 5.32. The molecule has 0 heterocycles. The predicted octanol–water partition coefficient (Wildman–Crippen LogP) is 2.94. The molecule has 0 aliphatic carbocycles. The highest BCUT2D eigenvalue weighted by atomic mass is 19.4. The van der Waals surface area contributed by atoms with Crippen LogP contribution in [0.1, 0.15) is 11.7 Å². The first-order valence-corrected chi connectivity index (χ1v) is 4.19. The zero-order valence-corrected chi connectivity index (χ0v) is 7.96. The molecule has 0 radical (unpaired) electrons. The summed E-state index contributed by atoms with van der Waals surface area (Å²) < 4.78 is 52.2. The SMILES string of the molecule is C=CC(O)c1cc(OC(F)(F)F)ccc1F. The Balaban J connectivity index is 3.03. The Kier molecular flexibility index (Phi) is 3.54. The summed E-state index contributed by atoms with van der Waals surface area (Å²) in [5, 5.41) is 9.24. The molecule has 1 rings (SSSR count). The van der Waals surface area contributed by atoms with E-state index in [2.05, 4.69) is 11.3 Å². The molecule has 0 saturated carbocycles. The van der Waals surface area contributed by atoms with Crippen molar-refractivity contribution in [1.82, 2.24) is 0 Å². The molecule has 0 aliphatic heterocycles. The zero-order valence-electron chi connectivity index (χ0n) is 7.96. The average molecular weight is 236 g/mol. The summed E-state index contributed by atoms with van der Waals surface area (Å²) in [6.07, 6.45) is -5.24. The van der Waals surface area contributed by atoms with Crippen LogP contribution in [0.2, 0.25) is 0 Å². The van der Waals surface area contributed by atoms with E-state index in [1.54, 1.807) is 0 Å². The molecule has 88 valence electrons. The molecule has 1 aromatic carbocycles. The van der Waals surface area contributed by atoms with Crippen molar-refractivity contribution < 1.29 is 27.4 Å². The van der Waals surface area contributed by atoms with Gasteiger partial charge in [0, 0.05) is 5.56 Å². The summed E-state index contributed by atoms with van der Waals surface area (Å²) in [7, 11) is 0. The van der Waals surface area contributed by atoms with Gasteiger partial charge in [-0.05, 0) is 18.2 Å². The zero-order chi connectivity index (χ0) is 12.3. The summed E-state index contributed by atoms with van der Waals surface area (Å²) in [6.45, 7) is 3.20. The highest BCUT2D eigenvalue weighted by Gasteiger charge is 2.31. The number of alkyl halides is 3. The van der Waals surface area contributed by atoms with Gasteiger partial charge in [0.15, 0.2) is 0 Å². The van der Waals surface area contributed by atoms with E-state index in [4.69, 9.17) is 0 Å². The van der Waals surface area contributed by atoms with Gasteiger partial charge < -0.3 is 9.84 Å². The lowest BCUT2D eigenvalue weighted by Gasteiger charge is -2.12. The first kappa shape index (κ1) is 12.5. The van der Waals surface area contributed by atoms with E-state index in [1.165, 1.54) is 0 Å². The molecule has 1 aromatic rings. The predicted molar refractivity (Wildman–Crippen MR) is 48.2 cm³/mol. The van der Waals surface area contributed by atoms with Crippen LogP contribution in [-0.2, 0) is 0 Å². The highest BCUT2D eigenvalue weighted by Crippen LogP contribution is 2.27. The summed E-state index contributed by atoms with van der Waals surface area (Å²) in [5.74, 6) is -1.42. The third-order valence-corrected chi connectivity index (χ3v) is 1.74. The maximum Gasteiger partial charge on any atom is 0.573 e. The Labute approximate surface area is 88.8 Å². The Hall–Kier alpha value is -1.56. The fraction of sp³-hybridized carbons (Fsp3) is 0.200. The van der Waals surface area contributed by atoms with Crippen molar-refractivity contribution in [3.8, 4) is 5.75 Å². The molecule has 2 nitrogen and oxygen atoms in total. The molecule has 0 aliphatic rings. The first-order valence-electron chi connectivity index (χ1n) is 4.19. The van der Waals surface area contributed by atoms with Crippen molar-refractivity contribution in [2.75, 3.05) is 0 Å². The molecule has 0 spiro atoms. The minimum atomic E-state index is -4.85. The Morgan fingerprint density at radius 1 is 1.38 bits per heavy atom. The molecular formula is C10H8F4O2. The van der Waals surface area contributed by atoms with Crippen LogP contribution in [-0.4, -0.2) is 11.5 Å². The molecule has 0 aromatic heterocycles. The fourth-order valence-corrected chi connectivity index (χ4v) is 1.07. The van der Waals surface area contributed by atoms with Gasteiger partial charge in [-0.15, -0.1) is 19.8 Å². The van der Waals surface area contributed by atoms with Gasteiger partial charge in [0.1, 0.15) is 11.6 Å². The summed E-state index contributed by atoms with van der Waals surface area (Å²) in [4.78, 5) is 0. The van der Waals surface area contributed by atoms with Crippen LogP contribution in [0.4, 0.5) is 17.6 Å². The number of aliphatic hydroxyl groups excluding tert-OH is 1. The van der Waals surface area contributed by atoms with Crippen molar-refractivity contribution in [3.63, 3.8) is 0 Å². The third-order valence-electron chi connectivity index (χ3n) is 1.74. The van der Waals surface area contributed by atoms with Gasteiger partial charge in [-0.3, -0.25) is 0 Å². The summed E-state index contributed by atoms with van der Waals surface area (Å²) in [6, 6.07) is 2.38. The van der Waals surface area contributed by atoms with Crippen LogP contribution >= 0.6 is 0 Å². The van der Waals surface area contributed by atoms with Crippen molar-refractivity contribution >= 4 is 0 Å². The lowest BCUT2D eigenvalue weighted by atomic mass is 10.1. The van der Waals surface area contributed by atoms with Crippen LogP contribution in [0.15, 0.2) is 30.9 Å². The number of ether oxygens (including phenoxy) is 1. The second kappa shape index (κ2) is 4.52. The van der Waals surface area contributed by atoms with Gasteiger partial charge in [0.25, 0.3) is 0 Å². The van der Waals surface area contributed by atoms with Gasteiger partial charge in [0.2, 0.25) is 0 Å². The normalized spacial score (nSPS) is 13.3. The number of rotatable bonds is 3. The van der Waals surface area contributed by atoms with Crippen LogP contribution < -0.4 is 4.74 Å². The molecule has 1 N–H and O–H groups in total. The molecule has 0 amide bonds. The number of hydrogen-bond acceptors (Lipinski definition) is 2. The second-order valence-electron chi connectivity index (χ2n) is 2.91. The maximum absolute atomic E-state index is 13.1. The molecule has 6 heteroatoms. The smallest absolute Gasteiger partial charge is 0.406 e. The van der Waals surface area contributed by atoms with Gasteiger partial charge in [-0.1, -0.05) is 6.08 Å². The Morgan fingerprint density at radius 3 is 2.50 bits per heavy atom. The summed E-state index contributed by atoms with van der Waals surface area (Å²) >= 11 is 0. The van der Waals surface area contributed by atoms with Crippen molar-refractivity contribution in [1.29, 1.82) is 0 Å². The van der Waals surface area contributed by atoms with E-state index >= 15 is 0 Å². The number of benzene rings is 1. The van der Waals surface area contributed by atoms with E-state index in [0.717, 1.165) is 24.3 Å². The largest absolute Gasteiger partial charge is 0.573 e. The van der Waals surface area contributed by atoms with Gasteiger partial charge in [-0.2, -0.15) is 0 Å². The van der Waals surface area contributed by atoms with Crippen LogP contribution in [0, 0.1) is 5.82 Å². The summed E-state index contributed by atoms with van der Waals surface area (Å²) in [5.41, 5.74) is -0.322. The van der Waals surface area contributed by atoms with Crippen LogP contribution in [0.5, 0.6) is 5.75 Å². The van der Waals surface area contributed by atoms with Gasteiger partial charge in [0.05, 0.1) is 6.10 Å². The molecule has 0 fully saturated rings. The fourth-order valence-electron chi connectivity index (χ4n) is 1.07. The quantitative estimate of drug-likeness (QED) is 0.645. The van der Waals surface area contributed by atoms with Crippen molar-refractivity contribution in [3.05, 3.63) is 42.2 Å². The van der Waals surface area contributed by atoms with Crippen LogP contribution in [0.25, 0.3) is 0 Å². The Morgan fingerprint density at radius 2 is 2.00 bits per heavy atom. The van der Waals surface area contributed by atoms with Gasteiger partial charge in [-0.25, -0.2) is 4.39 Å². The second-order valence-corrected chi connectivity index (χ2v) is 2.91. The monoisotopic (exact) mass is 236 g/mol. The maximum atomic E-state index is 13.1. The van der Waals surface area contributed by atoms with Crippen molar-refractivity contribution in [2.24, 2.45) is 0 Å². The van der Waals surface area contributed by atoms with E-state index in [-0.39, 0.29) is 5.56 Å². The minimum Gasteiger partial charge on any atom is -0.406 e. The van der Waals surface area contributed by atoms with E-state index in [9.17, 15) is 22.7 Å². The number of aliphatic hydroxyl groups is 1. The molecule has 16 heavy (non-hydrogen) atoms. The number of hydrogen-bond donors (Lipinski definition) is 1. The molecule has 0 saturated heterocycles. The minimum absolute atomic E-state index is 0.322. The number of halogens is 4. The van der Waals surface area contributed by atoms with Gasteiger partial charge >= 0.3 is 6.36 Å². The lowest BCUT2D eigenvalue weighted by molar-refractivity contribution is -0.274. The van der Waals surface area contributed by atoms with E-state index < -0.39 is 24.0 Å².